The highest BCUT2D eigenvalue weighted by Crippen LogP contribution is 2.06. The summed E-state index contributed by atoms with van der Waals surface area (Å²) in [5, 5.41) is 11.4. The lowest BCUT2D eigenvalue weighted by Crippen LogP contribution is -2.41. The maximum absolute atomic E-state index is 11.8. The molecule has 0 saturated carbocycles. The van der Waals surface area contributed by atoms with Gasteiger partial charge in [-0.15, -0.1) is 0 Å². The zero-order valence-corrected chi connectivity index (χ0v) is 10.3. The smallest absolute Gasteiger partial charge is 0.326 e. The van der Waals surface area contributed by atoms with Crippen LogP contribution in [0.5, 0.6) is 0 Å². The second-order valence-electron chi connectivity index (χ2n) is 4.44. The maximum atomic E-state index is 11.8. The number of aromatic nitrogens is 1. The largest absolute Gasteiger partial charge is 0.480 e. The second-order valence-corrected chi connectivity index (χ2v) is 4.44. The normalized spacial score (nSPS) is 12.2. The number of aromatic amines is 1. The maximum Gasteiger partial charge on any atom is 0.326 e. The molecule has 3 N–H and O–H groups in total. The van der Waals surface area contributed by atoms with E-state index in [0.29, 0.717) is 6.42 Å². The van der Waals surface area contributed by atoms with E-state index >= 15 is 0 Å². The molecule has 0 aliphatic heterocycles. The van der Waals surface area contributed by atoms with Crippen LogP contribution in [0.2, 0.25) is 0 Å². The molecule has 6 nitrogen and oxygen atoms in total. The van der Waals surface area contributed by atoms with Crippen LogP contribution in [0, 0.1) is 5.92 Å². The van der Waals surface area contributed by atoms with Gasteiger partial charge in [-0.05, 0) is 18.4 Å². The molecule has 1 heterocycles. The summed E-state index contributed by atoms with van der Waals surface area (Å²) in [5.41, 5.74) is -0.0897. The van der Waals surface area contributed by atoms with Crippen LogP contribution in [0.3, 0.4) is 0 Å². The second kappa shape index (κ2) is 6.00. The highest BCUT2D eigenvalue weighted by Gasteiger charge is 2.21. The molecular weight excluding hydrogens is 236 g/mol. The third kappa shape index (κ3) is 4.04. The number of hydrogen-bond donors (Lipinski definition) is 3. The van der Waals surface area contributed by atoms with E-state index in [1.165, 1.54) is 18.3 Å². The van der Waals surface area contributed by atoms with Crippen molar-refractivity contribution in [2.45, 2.75) is 26.3 Å². The molecular formula is C12H16N2O4. The fourth-order valence-electron chi connectivity index (χ4n) is 1.49. The van der Waals surface area contributed by atoms with Crippen molar-refractivity contribution in [3.05, 3.63) is 34.2 Å². The van der Waals surface area contributed by atoms with Crippen molar-refractivity contribution in [3.63, 3.8) is 0 Å². The van der Waals surface area contributed by atoms with Gasteiger partial charge in [-0.1, -0.05) is 13.8 Å². The Bertz CT molecular complexity index is 473. The van der Waals surface area contributed by atoms with Crippen LogP contribution >= 0.6 is 0 Å². The molecule has 1 rings (SSSR count). The first-order valence-electron chi connectivity index (χ1n) is 5.62. The molecule has 0 aliphatic rings. The number of carboxylic acid groups (broad SMARTS) is 1. The Kier molecular flexibility index (Phi) is 4.65. The molecule has 1 atom stereocenters. The van der Waals surface area contributed by atoms with E-state index in [2.05, 4.69) is 10.3 Å². The predicted octanol–water partition coefficient (Wildman–Crippen LogP) is 0.604. The van der Waals surface area contributed by atoms with E-state index in [4.69, 9.17) is 5.11 Å². The summed E-state index contributed by atoms with van der Waals surface area (Å²) in [7, 11) is 0. The Morgan fingerprint density at radius 3 is 2.50 bits per heavy atom. The number of pyridine rings is 1. The SMILES string of the molecule is CC(C)C[C@H](NC(=O)c1ccc(=O)[nH]c1)C(=O)O. The molecule has 0 unspecified atom stereocenters. The minimum absolute atomic E-state index is 0.155. The Labute approximate surface area is 104 Å². The summed E-state index contributed by atoms with van der Waals surface area (Å²) in [6.07, 6.45) is 1.61. The highest BCUT2D eigenvalue weighted by atomic mass is 16.4. The molecule has 98 valence electrons. The van der Waals surface area contributed by atoms with Crippen LogP contribution in [0.25, 0.3) is 0 Å². The Morgan fingerprint density at radius 1 is 1.39 bits per heavy atom. The summed E-state index contributed by atoms with van der Waals surface area (Å²) in [6, 6.07) is 1.64. The average molecular weight is 252 g/mol. The minimum atomic E-state index is -1.07. The van der Waals surface area contributed by atoms with E-state index in [0.717, 1.165) is 0 Å². The van der Waals surface area contributed by atoms with E-state index in [1.54, 1.807) is 0 Å². The topological polar surface area (TPSA) is 99.3 Å². The summed E-state index contributed by atoms with van der Waals surface area (Å²) in [6.45, 7) is 3.75. The third-order valence-electron chi connectivity index (χ3n) is 2.36. The molecule has 0 aromatic carbocycles. The number of carboxylic acids is 1. The van der Waals surface area contributed by atoms with Crippen molar-refractivity contribution in [1.82, 2.24) is 10.3 Å². The van der Waals surface area contributed by atoms with Gasteiger partial charge in [0.05, 0.1) is 5.56 Å². The molecule has 0 saturated heterocycles. The molecule has 1 aromatic rings. The van der Waals surface area contributed by atoms with Gasteiger partial charge >= 0.3 is 5.97 Å². The van der Waals surface area contributed by atoms with Gasteiger partial charge < -0.3 is 15.4 Å². The zero-order chi connectivity index (χ0) is 13.7. The zero-order valence-electron chi connectivity index (χ0n) is 10.3. The fraction of sp³-hybridized carbons (Fsp3) is 0.417. The first kappa shape index (κ1) is 14.0. The van der Waals surface area contributed by atoms with Gasteiger partial charge in [-0.25, -0.2) is 4.79 Å². The van der Waals surface area contributed by atoms with Crippen LogP contribution in [0.15, 0.2) is 23.1 Å². The van der Waals surface area contributed by atoms with Crippen LogP contribution in [-0.2, 0) is 4.79 Å². The summed E-state index contributed by atoms with van der Waals surface area (Å²) >= 11 is 0. The quantitative estimate of drug-likeness (QED) is 0.714. The standard InChI is InChI=1S/C12H16N2O4/c1-7(2)5-9(12(17)18)14-11(16)8-3-4-10(15)13-6-8/h3-4,6-7,9H,5H2,1-2H3,(H,13,15)(H,14,16)(H,17,18)/t9-/m0/s1. The Hall–Kier alpha value is -2.11. The van der Waals surface area contributed by atoms with E-state index < -0.39 is 17.9 Å². The lowest BCUT2D eigenvalue weighted by Gasteiger charge is -2.16. The first-order chi connectivity index (χ1) is 8.40. The highest BCUT2D eigenvalue weighted by molar-refractivity contribution is 5.96. The van der Waals surface area contributed by atoms with Crippen LogP contribution in [-0.4, -0.2) is 28.0 Å². The fourth-order valence-corrected chi connectivity index (χ4v) is 1.49. The minimum Gasteiger partial charge on any atom is -0.480 e. The first-order valence-corrected chi connectivity index (χ1v) is 5.62. The molecule has 0 fully saturated rings. The van der Waals surface area contributed by atoms with Crippen LogP contribution < -0.4 is 10.9 Å². The molecule has 0 aliphatic carbocycles. The number of aliphatic carboxylic acids is 1. The van der Waals surface area contributed by atoms with Crippen LogP contribution in [0.1, 0.15) is 30.6 Å². The van der Waals surface area contributed by atoms with Gasteiger partial charge in [0.15, 0.2) is 0 Å². The molecule has 1 aromatic heterocycles. The number of carbonyl (C=O) groups excluding carboxylic acids is 1. The van der Waals surface area contributed by atoms with Gasteiger partial charge in [0.1, 0.15) is 6.04 Å². The number of H-pyrrole nitrogens is 1. The molecule has 0 radical (unpaired) electrons. The Balaban J connectivity index is 2.75. The molecule has 18 heavy (non-hydrogen) atoms. The monoisotopic (exact) mass is 252 g/mol. The number of carbonyl (C=O) groups is 2. The van der Waals surface area contributed by atoms with E-state index in [1.807, 2.05) is 13.8 Å². The van der Waals surface area contributed by atoms with Crippen LogP contribution in [0.4, 0.5) is 0 Å². The Morgan fingerprint density at radius 2 is 2.06 bits per heavy atom. The lowest BCUT2D eigenvalue weighted by molar-refractivity contribution is -0.139. The predicted molar refractivity (Wildman–Crippen MR) is 65.4 cm³/mol. The van der Waals surface area contributed by atoms with Gasteiger partial charge in [0.2, 0.25) is 5.56 Å². The van der Waals surface area contributed by atoms with Crippen molar-refractivity contribution >= 4 is 11.9 Å². The molecule has 1 amide bonds. The summed E-state index contributed by atoms with van der Waals surface area (Å²) in [5.74, 6) is -1.43. The van der Waals surface area contributed by atoms with Crippen molar-refractivity contribution in [2.75, 3.05) is 0 Å². The van der Waals surface area contributed by atoms with Crippen molar-refractivity contribution in [1.29, 1.82) is 0 Å². The van der Waals surface area contributed by atoms with Crippen molar-refractivity contribution in [3.8, 4) is 0 Å². The van der Waals surface area contributed by atoms with Gasteiger partial charge in [0, 0.05) is 12.3 Å². The number of amides is 1. The van der Waals surface area contributed by atoms with Crippen molar-refractivity contribution in [2.24, 2.45) is 5.92 Å². The molecule has 6 heteroatoms. The number of rotatable bonds is 5. The van der Waals surface area contributed by atoms with Gasteiger partial charge in [0.25, 0.3) is 5.91 Å². The third-order valence-corrected chi connectivity index (χ3v) is 2.36. The molecule has 0 spiro atoms. The average Bonchev–Trinajstić information content (AvgIpc) is 2.28. The summed E-state index contributed by atoms with van der Waals surface area (Å²) in [4.78, 5) is 35.9. The van der Waals surface area contributed by atoms with Crippen molar-refractivity contribution < 1.29 is 14.7 Å². The van der Waals surface area contributed by atoms with E-state index in [9.17, 15) is 14.4 Å². The van der Waals surface area contributed by atoms with E-state index in [-0.39, 0.29) is 17.0 Å². The lowest BCUT2D eigenvalue weighted by atomic mass is 10.0. The van der Waals surface area contributed by atoms with Gasteiger partial charge in [-0.3, -0.25) is 9.59 Å². The summed E-state index contributed by atoms with van der Waals surface area (Å²) < 4.78 is 0. The van der Waals surface area contributed by atoms with Gasteiger partial charge in [-0.2, -0.15) is 0 Å². The number of hydrogen-bond acceptors (Lipinski definition) is 3. The molecule has 0 bridgehead atoms. The number of nitrogens with one attached hydrogen (secondary N) is 2.